The zero-order valence-electron chi connectivity index (χ0n) is 10.8. The molecule has 0 bridgehead atoms. The first-order chi connectivity index (χ1) is 8.69. The number of aromatic nitrogens is 2. The Morgan fingerprint density at radius 2 is 2.00 bits per heavy atom. The number of rotatable bonds is 4. The van der Waals surface area contributed by atoms with Crippen LogP contribution in [0.25, 0.3) is 0 Å². The Hall–Kier alpha value is -1.94. The largest absolute Gasteiger partial charge is 0.367 e. The van der Waals surface area contributed by atoms with Crippen LogP contribution in [0.1, 0.15) is 17.1 Å². The molecule has 0 aliphatic rings. The van der Waals surface area contributed by atoms with Gasteiger partial charge in [-0.25, -0.2) is 0 Å². The van der Waals surface area contributed by atoms with Gasteiger partial charge < -0.3 is 10.6 Å². The highest BCUT2D eigenvalue weighted by molar-refractivity contribution is 5.44. The van der Waals surface area contributed by atoms with Crippen molar-refractivity contribution in [3.63, 3.8) is 0 Å². The van der Waals surface area contributed by atoms with Crippen molar-refractivity contribution >= 4 is 5.69 Å². The maximum Gasteiger partial charge on any atom is 0.0600 e. The first-order valence-electron chi connectivity index (χ1n) is 5.97. The minimum Gasteiger partial charge on any atom is -0.367 e. The van der Waals surface area contributed by atoms with Gasteiger partial charge in [-0.15, -0.1) is 0 Å². The Balaban J connectivity index is 2.09. The highest BCUT2D eigenvalue weighted by Crippen LogP contribution is 2.13. The summed E-state index contributed by atoms with van der Waals surface area (Å²) in [5, 5.41) is 0. The van der Waals surface area contributed by atoms with Crippen molar-refractivity contribution in [2.24, 2.45) is 5.73 Å². The lowest BCUT2D eigenvalue weighted by Crippen LogP contribution is -2.17. The maximum atomic E-state index is 5.53. The normalized spacial score (nSPS) is 10.4. The van der Waals surface area contributed by atoms with E-state index in [0.717, 1.165) is 29.3 Å². The quantitative estimate of drug-likeness (QED) is 0.889. The molecule has 2 heterocycles. The van der Waals surface area contributed by atoms with Gasteiger partial charge in [-0.05, 0) is 31.2 Å². The van der Waals surface area contributed by atoms with E-state index in [1.165, 1.54) is 0 Å². The molecule has 94 valence electrons. The molecule has 0 amide bonds. The van der Waals surface area contributed by atoms with E-state index in [1.807, 2.05) is 50.5 Å². The summed E-state index contributed by atoms with van der Waals surface area (Å²) < 4.78 is 0. The van der Waals surface area contributed by atoms with Gasteiger partial charge in [0.1, 0.15) is 0 Å². The molecule has 0 saturated heterocycles. The third kappa shape index (κ3) is 3.05. The van der Waals surface area contributed by atoms with Crippen molar-refractivity contribution in [2.45, 2.75) is 20.0 Å². The topological polar surface area (TPSA) is 55.0 Å². The molecule has 0 unspecified atom stereocenters. The van der Waals surface area contributed by atoms with E-state index in [2.05, 4.69) is 14.9 Å². The van der Waals surface area contributed by atoms with Crippen LogP contribution in [-0.4, -0.2) is 17.0 Å². The van der Waals surface area contributed by atoms with Gasteiger partial charge in [0.15, 0.2) is 0 Å². The van der Waals surface area contributed by atoms with Crippen molar-refractivity contribution in [2.75, 3.05) is 11.9 Å². The summed E-state index contributed by atoms with van der Waals surface area (Å²) >= 11 is 0. The van der Waals surface area contributed by atoms with Crippen molar-refractivity contribution in [1.29, 1.82) is 0 Å². The van der Waals surface area contributed by atoms with E-state index in [1.54, 1.807) is 0 Å². The van der Waals surface area contributed by atoms with Gasteiger partial charge in [0.2, 0.25) is 0 Å². The van der Waals surface area contributed by atoms with E-state index >= 15 is 0 Å². The van der Waals surface area contributed by atoms with Gasteiger partial charge in [-0.1, -0.05) is 6.07 Å². The molecule has 0 atom stereocenters. The van der Waals surface area contributed by atoms with Crippen LogP contribution in [0.15, 0.2) is 36.5 Å². The number of hydrogen-bond acceptors (Lipinski definition) is 4. The van der Waals surface area contributed by atoms with Crippen LogP contribution < -0.4 is 10.6 Å². The average molecular weight is 242 g/mol. The molecule has 0 aliphatic carbocycles. The molecular weight excluding hydrogens is 224 g/mol. The van der Waals surface area contributed by atoms with Crippen LogP contribution in [0.4, 0.5) is 5.69 Å². The van der Waals surface area contributed by atoms with E-state index < -0.39 is 0 Å². The van der Waals surface area contributed by atoms with Gasteiger partial charge in [-0.3, -0.25) is 9.97 Å². The van der Waals surface area contributed by atoms with Gasteiger partial charge >= 0.3 is 0 Å². The van der Waals surface area contributed by atoms with Crippen molar-refractivity contribution in [3.05, 3.63) is 53.6 Å². The standard InChI is InChI=1S/C14H18N4/c1-11-4-3-5-13(17-11)10-18(2)14-7-6-12(8-15)16-9-14/h3-7,9H,8,10,15H2,1-2H3. The Morgan fingerprint density at radius 1 is 1.17 bits per heavy atom. The number of nitrogens with zero attached hydrogens (tertiary/aromatic N) is 3. The van der Waals surface area contributed by atoms with Crippen LogP contribution >= 0.6 is 0 Å². The summed E-state index contributed by atoms with van der Waals surface area (Å²) in [6, 6.07) is 10.0. The summed E-state index contributed by atoms with van der Waals surface area (Å²) in [6.07, 6.45) is 1.85. The fourth-order valence-corrected chi connectivity index (χ4v) is 1.79. The Labute approximate surface area is 107 Å². The predicted molar refractivity (Wildman–Crippen MR) is 73.2 cm³/mol. The molecule has 0 saturated carbocycles. The average Bonchev–Trinajstić information content (AvgIpc) is 2.39. The van der Waals surface area contributed by atoms with Crippen LogP contribution in [0, 0.1) is 6.92 Å². The lowest BCUT2D eigenvalue weighted by atomic mass is 10.2. The third-order valence-corrected chi connectivity index (χ3v) is 2.80. The maximum absolute atomic E-state index is 5.53. The van der Waals surface area contributed by atoms with E-state index in [-0.39, 0.29) is 0 Å². The van der Waals surface area contributed by atoms with Gasteiger partial charge in [-0.2, -0.15) is 0 Å². The number of hydrogen-bond donors (Lipinski definition) is 1. The number of pyridine rings is 2. The molecule has 2 rings (SSSR count). The summed E-state index contributed by atoms with van der Waals surface area (Å²) in [5.41, 5.74) is 9.59. The smallest absolute Gasteiger partial charge is 0.0600 e. The molecule has 2 N–H and O–H groups in total. The predicted octanol–water partition coefficient (Wildman–Crippen LogP) is 1.88. The first kappa shape index (κ1) is 12.5. The summed E-state index contributed by atoms with van der Waals surface area (Å²) in [4.78, 5) is 10.9. The Kier molecular flexibility index (Phi) is 3.89. The number of nitrogens with two attached hydrogens (primary N) is 1. The van der Waals surface area contributed by atoms with E-state index in [9.17, 15) is 0 Å². The molecule has 0 radical (unpaired) electrons. The second kappa shape index (κ2) is 5.60. The van der Waals surface area contributed by atoms with Crippen LogP contribution in [0.2, 0.25) is 0 Å². The van der Waals surface area contributed by atoms with Crippen molar-refractivity contribution in [3.8, 4) is 0 Å². The molecule has 0 aromatic carbocycles. The second-order valence-corrected chi connectivity index (χ2v) is 4.34. The zero-order valence-corrected chi connectivity index (χ0v) is 10.8. The lowest BCUT2D eigenvalue weighted by molar-refractivity contribution is 0.869. The number of aryl methyl sites for hydroxylation is 1. The fourth-order valence-electron chi connectivity index (χ4n) is 1.79. The molecule has 4 nitrogen and oxygen atoms in total. The monoisotopic (exact) mass is 242 g/mol. The van der Waals surface area contributed by atoms with E-state index in [0.29, 0.717) is 6.54 Å². The van der Waals surface area contributed by atoms with Crippen LogP contribution in [0.5, 0.6) is 0 Å². The highest BCUT2D eigenvalue weighted by atomic mass is 15.1. The molecule has 0 spiro atoms. The summed E-state index contributed by atoms with van der Waals surface area (Å²) in [7, 11) is 2.03. The lowest BCUT2D eigenvalue weighted by Gasteiger charge is -2.18. The molecule has 2 aromatic heterocycles. The van der Waals surface area contributed by atoms with Crippen LogP contribution in [0.3, 0.4) is 0 Å². The van der Waals surface area contributed by atoms with Gasteiger partial charge in [0, 0.05) is 19.3 Å². The first-order valence-corrected chi connectivity index (χ1v) is 5.97. The molecule has 0 fully saturated rings. The van der Waals surface area contributed by atoms with E-state index in [4.69, 9.17) is 5.73 Å². The molecule has 2 aromatic rings. The minimum atomic E-state index is 0.476. The zero-order chi connectivity index (χ0) is 13.0. The SMILES string of the molecule is Cc1cccc(CN(C)c2ccc(CN)nc2)n1. The molecule has 0 aliphatic heterocycles. The molecule has 18 heavy (non-hydrogen) atoms. The molecule has 4 heteroatoms. The molecular formula is C14H18N4. The van der Waals surface area contributed by atoms with Crippen molar-refractivity contribution < 1.29 is 0 Å². The second-order valence-electron chi connectivity index (χ2n) is 4.34. The van der Waals surface area contributed by atoms with Gasteiger partial charge in [0.05, 0.1) is 29.8 Å². The Morgan fingerprint density at radius 3 is 2.61 bits per heavy atom. The summed E-state index contributed by atoms with van der Waals surface area (Å²) in [5.74, 6) is 0. The Bertz CT molecular complexity index is 507. The van der Waals surface area contributed by atoms with Crippen molar-refractivity contribution in [1.82, 2.24) is 9.97 Å². The van der Waals surface area contributed by atoms with Crippen LogP contribution in [-0.2, 0) is 13.1 Å². The third-order valence-electron chi connectivity index (χ3n) is 2.80. The summed E-state index contributed by atoms with van der Waals surface area (Å²) in [6.45, 7) is 3.25. The van der Waals surface area contributed by atoms with Gasteiger partial charge in [0.25, 0.3) is 0 Å². The minimum absolute atomic E-state index is 0.476. The fraction of sp³-hybridized carbons (Fsp3) is 0.286. The number of anilines is 1. The highest BCUT2D eigenvalue weighted by Gasteiger charge is 2.04.